The summed E-state index contributed by atoms with van der Waals surface area (Å²) in [7, 11) is 0. The number of benzene rings is 2. The minimum atomic E-state index is -0.466. The molecule has 0 bridgehead atoms. The Morgan fingerprint density at radius 2 is 2.05 bits per heavy atom. The van der Waals surface area contributed by atoms with Crippen molar-refractivity contribution in [2.45, 2.75) is 0 Å². The molecule has 0 aliphatic heterocycles. The predicted molar refractivity (Wildman–Crippen MR) is 80.9 cm³/mol. The Hall–Kier alpha value is -2.46. The Morgan fingerprint density at radius 3 is 2.85 bits per heavy atom. The van der Waals surface area contributed by atoms with Crippen LogP contribution in [0.4, 0.5) is 0 Å². The molecule has 3 aromatic rings. The second-order valence-corrected chi connectivity index (χ2v) is 5.17. The molecule has 3 nitrogen and oxygen atoms in total. The summed E-state index contributed by atoms with van der Waals surface area (Å²) in [5, 5.41) is 0.905. The van der Waals surface area contributed by atoms with Gasteiger partial charge >= 0.3 is 5.97 Å². The van der Waals surface area contributed by atoms with Crippen molar-refractivity contribution in [3.8, 4) is 16.3 Å². The van der Waals surface area contributed by atoms with Crippen molar-refractivity contribution < 1.29 is 9.53 Å². The predicted octanol–water partition coefficient (Wildman–Crippen LogP) is 4.05. The van der Waals surface area contributed by atoms with Crippen molar-refractivity contribution in [2.75, 3.05) is 0 Å². The van der Waals surface area contributed by atoms with Crippen LogP contribution in [0.3, 0.4) is 0 Å². The van der Waals surface area contributed by atoms with Crippen LogP contribution in [0.2, 0.25) is 0 Å². The molecular weight excluding hydrogens is 270 g/mol. The van der Waals surface area contributed by atoms with Crippen molar-refractivity contribution in [2.24, 2.45) is 0 Å². The highest BCUT2D eigenvalue weighted by Crippen LogP contribution is 2.31. The van der Waals surface area contributed by atoms with Gasteiger partial charge in [0.15, 0.2) is 0 Å². The Morgan fingerprint density at radius 1 is 1.20 bits per heavy atom. The Bertz CT molecular complexity index is 759. The van der Waals surface area contributed by atoms with Gasteiger partial charge in [-0.05, 0) is 24.3 Å². The Kier molecular flexibility index (Phi) is 3.31. The van der Waals surface area contributed by atoms with E-state index in [-0.39, 0.29) is 0 Å². The van der Waals surface area contributed by atoms with Crippen molar-refractivity contribution in [3.05, 3.63) is 61.2 Å². The van der Waals surface area contributed by atoms with Crippen molar-refractivity contribution in [1.29, 1.82) is 0 Å². The first-order valence-corrected chi connectivity index (χ1v) is 6.88. The molecule has 0 amide bonds. The van der Waals surface area contributed by atoms with E-state index in [0.717, 1.165) is 26.9 Å². The van der Waals surface area contributed by atoms with Gasteiger partial charge in [-0.2, -0.15) is 0 Å². The summed E-state index contributed by atoms with van der Waals surface area (Å²) in [5.74, 6) is 0.0260. The fourth-order valence-electron chi connectivity index (χ4n) is 1.85. The second kappa shape index (κ2) is 5.27. The lowest BCUT2D eigenvalue weighted by Gasteiger charge is -2.02. The number of fused-ring (bicyclic) bond motifs is 1. The highest BCUT2D eigenvalue weighted by atomic mass is 32.1. The molecular formula is C16H11NO2S. The zero-order valence-electron chi connectivity index (χ0n) is 10.6. The Labute approximate surface area is 120 Å². The van der Waals surface area contributed by atoms with E-state index in [1.54, 1.807) is 23.5 Å². The average Bonchev–Trinajstić information content (AvgIpc) is 2.91. The van der Waals surface area contributed by atoms with E-state index in [4.69, 9.17) is 4.74 Å². The van der Waals surface area contributed by atoms with E-state index in [9.17, 15) is 4.79 Å². The Balaban J connectivity index is 1.99. The molecule has 0 saturated heterocycles. The van der Waals surface area contributed by atoms with Crippen LogP contribution in [-0.2, 0) is 4.79 Å². The summed E-state index contributed by atoms with van der Waals surface area (Å²) in [6.45, 7) is 3.38. The van der Waals surface area contributed by atoms with E-state index in [0.29, 0.717) is 5.75 Å². The van der Waals surface area contributed by atoms with Crippen molar-refractivity contribution in [3.63, 3.8) is 0 Å². The maximum Gasteiger partial charge on any atom is 0.335 e. The minimum Gasteiger partial charge on any atom is -0.423 e. The third-order valence-electron chi connectivity index (χ3n) is 2.76. The van der Waals surface area contributed by atoms with Gasteiger partial charge in [0.05, 0.1) is 10.2 Å². The quantitative estimate of drug-likeness (QED) is 0.413. The SMILES string of the molecule is C=CC(=O)Oc1cccc(-c2nc3ccccc3s2)c1. The van der Waals surface area contributed by atoms with E-state index in [1.165, 1.54) is 0 Å². The molecule has 0 fully saturated rings. The van der Waals surface area contributed by atoms with Gasteiger partial charge in [0.25, 0.3) is 0 Å². The smallest absolute Gasteiger partial charge is 0.335 e. The highest BCUT2D eigenvalue weighted by Gasteiger charge is 2.07. The number of ether oxygens (including phenoxy) is 1. The molecule has 3 rings (SSSR count). The molecule has 0 aliphatic carbocycles. The normalized spacial score (nSPS) is 10.4. The van der Waals surface area contributed by atoms with E-state index >= 15 is 0 Å². The first kappa shape index (κ1) is 12.6. The van der Waals surface area contributed by atoms with E-state index in [2.05, 4.69) is 11.6 Å². The van der Waals surface area contributed by atoms with Crippen molar-refractivity contribution >= 4 is 27.5 Å². The van der Waals surface area contributed by atoms with E-state index < -0.39 is 5.97 Å². The average molecular weight is 281 g/mol. The van der Waals surface area contributed by atoms with E-state index in [1.807, 2.05) is 36.4 Å². The molecule has 2 aromatic carbocycles. The zero-order chi connectivity index (χ0) is 13.9. The number of para-hydroxylation sites is 1. The molecule has 1 aromatic heterocycles. The summed E-state index contributed by atoms with van der Waals surface area (Å²) in [4.78, 5) is 15.8. The van der Waals surface area contributed by atoms with Gasteiger partial charge in [0.2, 0.25) is 0 Å². The zero-order valence-corrected chi connectivity index (χ0v) is 11.4. The lowest BCUT2D eigenvalue weighted by Crippen LogP contribution is -2.02. The molecule has 0 unspecified atom stereocenters. The summed E-state index contributed by atoms with van der Waals surface area (Å²) in [6.07, 6.45) is 1.14. The summed E-state index contributed by atoms with van der Waals surface area (Å²) >= 11 is 1.61. The van der Waals surface area contributed by atoms with Gasteiger partial charge in [-0.15, -0.1) is 11.3 Å². The van der Waals surface area contributed by atoms with Crippen LogP contribution >= 0.6 is 11.3 Å². The number of hydrogen-bond donors (Lipinski definition) is 0. The number of nitrogens with zero attached hydrogens (tertiary/aromatic N) is 1. The number of aromatic nitrogens is 1. The van der Waals surface area contributed by atoms with Gasteiger partial charge in [-0.1, -0.05) is 30.8 Å². The van der Waals surface area contributed by atoms with Gasteiger partial charge in [0, 0.05) is 11.6 Å². The number of carbonyl (C=O) groups is 1. The second-order valence-electron chi connectivity index (χ2n) is 4.14. The van der Waals surface area contributed by atoms with Crippen LogP contribution in [0.1, 0.15) is 0 Å². The van der Waals surface area contributed by atoms with Crippen molar-refractivity contribution in [1.82, 2.24) is 4.98 Å². The lowest BCUT2D eigenvalue weighted by molar-refractivity contribution is -0.128. The minimum absolute atomic E-state index is 0.466. The molecule has 0 N–H and O–H groups in total. The number of rotatable bonds is 3. The lowest BCUT2D eigenvalue weighted by atomic mass is 10.2. The molecule has 0 spiro atoms. The summed E-state index contributed by atoms with van der Waals surface area (Å²) in [5.41, 5.74) is 1.90. The van der Waals surface area contributed by atoms with Gasteiger partial charge < -0.3 is 4.74 Å². The molecule has 0 atom stereocenters. The monoisotopic (exact) mass is 281 g/mol. The fourth-order valence-corrected chi connectivity index (χ4v) is 2.81. The van der Waals surface area contributed by atoms with Crippen LogP contribution in [-0.4, -0.2) is 11.0 Å². The molecule has 0 saturated carbocycles. The largest absolute Gasteiger partial charge is 0.423 e. The van der Waals surface area contributed by atoms with Gasteiger partial charge in [-0.3, -0.25) is 0 Å². The number of hydrogen-bond acceptors (Lipinski definition) is 4. The highest BCUT2D eigenvalue weighted by molar-refractivity contribution is 7.21. The van der Waals surface area contributed by atoms with Gasteiger partial charge in [0.1, 0.15) is 10.8 Å². The number of thiazole rings is 1. The molecule has 0 aliphatic rings. The standard InChI is InChI=1S/C16H11NO2S/c1-2-15(18)19-12-7-5-6-11(10-12)16-17-13-8-3-4-9-14(13)20-16/h2-10H,1H2. The van der Waals surface area contributed by atoms with Crippen LogP contribution in [0.25, 0.3) is 20.8 Å². The molecule has 20 heavy (non-hydrogen) atoms. The first-order valence-electron chi connectivity index (χ1n) is 6.06. The maximum absolute atomic E-state index is 11.2. The fraction of sp³-hybridized carbons (Fsp3) is 0. The van der Waals surface area contributed by atoms with Gasteiger partial charge in [-0.25, -0.2) is 9.78 Å². The maximum atomic E-state index is 11.2. The topological polar surface area (TPSA) is 39.2 Å². The molecule has 98 valence electrons. The summed E-state index contributed by atoms with van der Waals surface area (Å²) in [6, 6.07) is 15.3. The first-order chi connectivity index (χ1) is 9.76. The van der Waals surface area contributed by atoms with Crippen LogP contribution in [0, 0.1) is 0 Å². The molecule has 4 heteroatoms. The van der Waals surface area contributed by atoms with Crippen LogP contribution in [0.15, 0.2) is 61.2 Å². The van der Waals surface area contributed by atoms with Crippen LogP contribution < -0.4 is 4.74 Å². The van der Waals surface area contributed by atoms with Crippen LogP contribution in [0.5, 0.6) is 5.75 Å². The number of esters is 1. The third-order valence-corrected chi connectivity index (χ3v) is 3.85. The number of carbonyl (C=O) groups excluding carboxylic acids is 1. The summed E-state index contributed by atoms with van der Waals surface area (Å²) < 4.78 is 6.25. The third kappa shape index (κ3) is 2.46. The molecule has 1 heterocycles. The molecule has 0 radical (unpaired) electrons.